The molecule has 0 bridgehead atoms. The molecular formula is C44H86O11Si. The van der Waals surface area contributed by atoms with E-state index < -0.39 is 69.4 Å². The quantitative estimate of drug-likeness (QED) is 0.0393. The lowest BCUT2D eigenvalue weighted by Gasteiger charge is -2.50. The Labute approximate surface area is 343 Å². The first kappa shape index (κ1) is 51.5. The molecule has 56 heavy (non-hydrogen) atoms. The molecule has 0 N–H and O–H groups in total. The Balaban J connectivity index is 2.73. The van der Waals surface area contributed by atoms with Crippen molar-refractivity contribution in [1.29, 1.82) is 0 Å². The molecule has 0 amide bonds. The first-order valence-corrected chi connectivity index (χ1v) is 24.8. The number of esters is 1. The third kappa shape index (κ3) is 15.4. The van der Waals surface area contributed by atoms with Gasteiger partial charge in [-0.3, -0.25) is 4.79 Å². The van der Waals surface area contributed by atoms with Crippen LogP contribution in [0, 0.1) is 0 Å². The molecule has 0 aromatic heterocycles. The predicted molar refractivity (Wildman–Crippen MR) is 225 cm³/mol. The second kappa shape index (κ2) is 28.0. The monoisotopic (exact) mass is 819 g/mol. The first-order chi connectivity index (χ1) is 26.8. The number of hydrogen-bond acceptors (Lipinski definition) is 11. The summed E-state index contributed by atoms with van der Waals surface area (Å²) < 4.78 is 67.2. The summed E-state index contributed by atoms with van der Waals surface area (Å²) in [6.45, 7) is 31.3. The van der Waals surface area contributed by atoms with Crippen molar-refractivity contribution in [2.24, 2.45) is 0 Å². The van der Waals surface area contributed by atoms with Crippen molar-refractivity contribution in [3.05, 3.63) is 0 Å². The van der Waals surface area contributed by atoms with Crippen LogP contribution in [-0.2, 0) is 51.9 Å². The minimum atomic E-state index is -2.30. The van der Waals surface area contributed by atoms with E-state index in [1.807, 2.05) is 0 Å². The average molecular weight is 819 g/mol. The Kier molecular flexibility index (Phi) is 25.7. The standard InChI is InChI=1S/C44H86O11Si/c1-14-19-24-46-29-36-39(48-26-21-16-3)42(50-28-23-18-5)43(53-35(13)45)44(54-36)55-40-37(30-51-56(31(6)7,32(8)9)33(10)11)52-34(12)38(47-25-20-15-2)41(40)49-27-22-17-4/h31-34,36-44H,14-30H2,1-13H3/t34-,36?,37?,38?,39-,40-,41-,42+,43?,44-/m1/s1. The van der Waals surface area contributed by atoms with Gasteiger partial charge in [0.05, 0.1) is 19.3 Å². The predicted octanol–water partition coefficient (Wildman–Crippen LogP) is 9.57. The van der Waals surface area contributed by atoms with E-state index in [-0.39, 0.29) is 12.7 Å². The molecule has 0 aromatic carbocycles. The maximum absolute atomic E-state index is 12.9. The molecule has 2 fully saturated rings. The fourth-order valence-corrected chi connectivity index (χ4v) is 13.9. The summed E-state index contributed by atoms with van der Waals surface area (Å²) in [5, 5.41) is 0. The van der Waals surface area contributed by atoms with Crippen LogP contribution in [0.2, 0.25) is 16.6 Å². The van der Waals surface area contributed by atoms with Gasteiger partial charge in [-0.2, -0.15) is 0 Å². The van der Waals surface area contributed by atoms with Crippen LogP contribution in [0.4, 0.5) is 0 Å². The van der Waals surface area contributed by atoms with Crippen molar-refractivity contribution in [2.75, 3.05) is 46.2 Å². The molecule has 10 atom stereocenters. The molecule has 0 saturated carbocycles. The molecule has 2 heterocycles. The van der Waals surface area contributed by atoms with Crippen LogP contribution in [0.5, 0.6) is 0 Å². The van der Waals surface area contributed by atoms with E-state index in [1.54, 1.807) is 0 Å². The van der Waals surface area contributed by atoms with Crippen molar-refractivity contribution in [2.45, 2.75) is 232 Å². The van der Waals surface area contributed by atoms with Gasteiger partial charge >= 0.3 is 5.97 Å². The van der Waals surface area contributed by atoms with Gasteiger partial charge in [-0.15, -0.1) is 0 Å². The normalized spacial score (nSPS) is 28.8. The molecule has 4 unspecified atom stereocenters. The fourth-order valence-electron chi connectivity index (χ4n) is 8.43. The summed E-state index contributed by atoms with van der Waals surface area (Å²) in [6, 6.07) is 0. The van der Waals surface area contributed by atoms with Gasteiger partial charge in [-0.25, -0.2) is 0 Å². The lowest BCUT2D eigenvalue weighted by atomic mass is 9.94. The van der Waals surface area contributed by atoms with Gasteiger partial charge in [0.25, 0.3) is 0 Å². The Morgan fingerprint density at radius 2 is 0.982 bits per heavy atom. The SMILES string of the molecule is CCCCOCC1O[C@H](O[C@@H]2C(CO[Si](C(C)C)(C(C)C)C(C)C)O[C@H](C)C(OCCCC)[C@H]2OCCCC)C(OC(C)=O)[C@@H](OCCCC)[C@@H]1OCCCC. The summed E-state index contributed by atoms with van der Waals surface area (Å²) in [6.07, 6.45) is 3.37. The number of hydrogen-bond donors (Lipinski definition) is 0. The Hall–Kier alpha value is -0.673. The van der Waals surface area contributed by atoms with Crippen molar-refractivity contribution in [3.8, 4) is 0 Å². The molecule has 2 rings (SSSR count). The lowest BCUT2D eigenvalue weighted by Crippen LogP contribution is -2.66. The van der Waals surface area contributed by atoms with Crippen molar-refractivity contribution < 1.29 is 51.9 Å². The number of ether oxygens (including phenoxy) is 9. The molecule has 0 aliphatic carbocycles. The number of carbonyl (C=O) groups excluding carboxylic acids is 1. The topological polar surface area (TPSA) is 109 Å². The lowest BCUT2D eigenvalue weighted by molar-refractivity contribution is -0.353. The number of rotatable bonds is 30. The van der Waals surface area contributed by atoms with Crippen LogP contribution in [0.25, 0.3) is 0 Å². The van der Waals surface area contributed by atoms with Gasteiger partial charge in [0.1, 0.15) is 42.7 Å². The molecule has 0 spiro atoms. The van der Waals surface area contributed by atoms with Gasteiger partial charge < -0.3 is 47.1 Å². The van der Waals surface area contributed by atoms with E-state index in [0.717, 1.165) is 64.2 Å². The largest absolute Gasteiger partial charge is 0.454 e. The smallest absolute Gasteiger partial charge is 0.303 e. The zero-order valence-corrected chi connectivity index (χ0v) is 39.0. The second-order valence-corrected chi connectivity index (χ2v) is 22.4. The van der Waals surface area contributed by atoms with Gasteiger partial charge in [0.15, 0.2) is 20.7 Å². The van der Waals surface area contributed by atoms with Crippen LogP contribution < -0.4 is 0 Å². The van der Waals surface area contributed by atoms with Crippen LogP contribution in [0.3, 0.4) is 0 Å². The highest BCUT2D eigenvalue weighted by atomic mass is 28.4. The fraction of sp³-hybridized carbons (Fsp3) is 0.977. The molecule has 11 nitrogen and oxygen atoms in total. The Morgan fingerprint density at radius 1 is 0.554 bits per heavy atom. The van der Waals surface area contributed by atoms with E-state index in [4.69, 9.17) is 47.1 Å². The highest BCUT2D eigenvalue weighted by molar-refractivity contribution is 6.77. The van der Waals surface area contributed by atoms with E-state index in [9.17, 15) is 4.79 Å². The minimum absolute atomic E-state index is 0.280. The molecular weight excluding hydrogens is 733 g/mol. The van der Waals surface area contributed by atoms with Crippen molar-refractivity contribution in [3.63, 3.8) is 0 Å². The Bertz CT molecular complexity index is 994. The van der Waals surface area contributed by atoms with Crippen LogP contribution in [0.1, 0.15) is 154 Å². The maximum Gasteiger partial charge on any atom is 0.303 e. The van der Waals surface area contributed by atoms with Crippen LogP contribution in [-0.4, -0.2) is 122 Å². The van der Waals surface area contributed by atoms with Crippen molar-refractivity contribution in [1.82, 2.24) is 0 Å². The Morgan fingerprint density at radius 3 is 1.45 bits per heavy atom. The molecule has 0 radical (unpaired) electrons. The second-order valence-electron chi connectivity index (χ2n) is 16.9. The highest BCUT2D eigenvalue weighted by Crippen LogP contribution is 2.43. The molecule has 2 aliphatic rings. The number of carbonyl (C=O) groups is 1. The zero-order chi connectivity index (χ0) is 41.7. The van der Waals surface area contributed by atoms with Crippen LogP contribution >= 0.6 is 0 Å². The van der Waals surface area contributed by atoms with Gasteiger partial charge in [0.2, 0.25) is 0 Å². The summed E-state index contributed by atoms with van der Waals surface area (Å²) in [4.78, 5) is 12.9. The minimum Gasteiger partial charge on any atom is -0.454 e. The van der Waals surface area contributed by atoms with Gasteiger partial charge in [-0.1, -0.05) is 108 Å². The van der Waals surface area contributed by atoms with Gasteiger partial charge in [0, 0.05) is 40.0 Å². The summed E-state index contributed by atoms with van der Waals surface area (Å²) in [7, 11) is -2.30. The molecule has 2 saturated heterocycles. The van der Waals surface area contributed by atoms with Crippen molar-refractivity contribution >= 4 is 14.3 Å². The molecule has 2 aliphatic heterocycles. The molecule has 332 valence electrons. The third-order valence-corrected chi connectivity index (χ3v) is 17.5. The number of unbranched alkanes of at least 4 members (excludes halogenated alkanes) is 5. The summed E-state index contributed by atoms with van der Waals surface area (Å²) in [5.41, 5.74) is 1.16. The van der Waals surface area contributed by atoms with Crippen LogP contribution in [0.15, 0.2) is 0 Å². The van der Waals surface area contributed by atoms with E-state index in [1.165, 1.54) is 6.92 Å². The molecule has 0 aromatic rings. The van der Waals surface area contributed by atoms with E-state index in [2.05, 4.69) is 83.1 Å². The van der Waals surface area contributed by atoms with E-state index >= 15 is 0 Å². The summed E-state index contributed by atoms with van der Waals surface area (Å²) >= 11 is 0. The van der Waals surface area contributed by atoms with E-state index in [0.29, 0.717) is 56.3 Å². The first-order valence-electron chi connectivity index (χ1n) is 22.7. The van der Waals surface area contributed by atoms with Gasteiger partial charge in [-0.05, 0) is 55.7 Å². The molecule has 12 heteroatoms. The highest BCUT2D eigenvalue weighted by Gasteiger charge is 2.55. The maximum atomic E-state index is 12.9. The third-order valence-electron chi connectivity index (χ3n) is 11.4. The average Bonchev–Trinajstić information content (AvgIpc) is 3.14. The zero-order valence-electron chi connectivity index (χ0n) is 38.0. The summed E-state index contributed by atoms with van der Waals surface area (Å²) in [5.74, 6) is -0.451.